The molecule has 2 aromatic carbocycles. The van der Waals surface area contributed by atoms with E-state index in [0.29, 0.717) is 10.6 Å². The Balaban J connectivity index is 0.00000341. The minimum Gasteiger partial charge on any atom is -0.319 e. The summed E-state index contributed by atoms with van der Waals surface area (Å²) >= 11 is 5.91. The third-order valence-electron chi connectivity index (χ3n) is 4.80. The van der Waals surface area contributed by atoms with Gasteiger partial charge in [-0.05, 0) is 35.7 Å². The molecule has 1 aliphatic heterocycles. The lowest BCUT2D eigenvalue weighted by Gasteiger charge is -2.25. The molecule has 0 aromatic heterocycles. The van der Waals surface area contributed by atoms with Gasteiger partial charge in [0.05, 0.1) is 34.5 Å². The van der Waals surface area contributed by atoms with Gasteiger partial charge < -0.3 is 10.6 Å². The first-order valence-electron chi connectivity index (χ1n) is 9.40. The zero-order valence-corrected chi connectivity index (χ0v) is 19.4. The van der Waals surface area contributed by atoms with Crippen molar-refractivity contribution in [2.24, 2.45) is 11.7 Å². The van der Waals surface area contributed by atoms with Gasteiger partial charge in [-0.2, -0.15) is 0 Å². The molecule has 6 nitrogen and oxygen atoms in total. The highest BCUT2D eigenvalue weighted by Crippen LogP contribution is 2.34. The van der Waals surface area contributed by atoms with Crippen LogP contribution < -0.4 is 10.6 Å². The summed E-state index contributed by atoms with van der Waals surface area (Å²) in [4.78, 5) is 26.3. The molecule has 1 aliphatic rings. The van der Waals surface area contributed by atoms with E-state index in [0.717, 1.165) is 12.1 Å². The van der Waals surface area contributed by atoms with E-state index >= 15 is 0 Å². The second kappa shape index (κ2) is 9.65. The van der Waals surface area contributed by atoms with Gasteiger partial charge in [0.1, 0.15) is 5.82 Å². The summed E-state index contributed by atoms with van der Waals surface area (Å²) in [6.45, 7) is 3.63. The van der Waals surface area contributed by atoms with Gasteiger partial charge in [0, 0.05) is 11.4 Å². The van der Waals surface area contributed by atoms with Crippen molar-refractivity contribution in [3.8, 4) is 0 Å². The van der Waals surface area contributed by atoms with Crippen LogP contribution in [0.5, 0.6) is 0 Å². The van der Waals surface area contributed by atoms with Crippen molar-refractivity contribution in [2.45, 2.75) is 37.8 Å². The first-order valence-corrected chi connectivity index (χ1v) is 11.4. The highest BCUT2D eigenvalue weighted by atomic mass is 35.5. The number of anilines is 1. The van der Waals surface area contributed by atoms with E-state index in [1.165, 1.54) is 4.90 Å². The molecule has 31 heavy (non-hydrogen) atoms. The maximum absolute atomic E-state index is 14.7. The molecule has 0 saturated heterocycles. The Morgan fingerprint density at radius 1 is 1.26 bits per heavy atom. The van der Waals surface area contributed by atoms with E-state index in [2.05, 4.69) is 0 Å². The van der Waals surface area contributed by atoms with Crippen LogP contribution in [0.3, 0.4) is 0 Å². The number of amides is 1. The first-order chi connectivity index (χ1) is 14.0. The first kappa shape index (κ1) is 25.3. The molecule has 1 atom stereocenters. The van der Waals surface area contributed by atoms with Crippen molar-refractivity contribution >= 4 is 51.2 Å². The van der Waals surface area contributed by atoms with Crippen LogP contribution in [0.1, 0.15) is 36.2 Å². The van der Waals surface area contributed by atoms with Crippen molar-refractivity contribution in [1.82, 2.24) is 0 Å². The van der Waals surface area contributed by atoms with Gasteiger partial charge in [-0.15, -0.1) is 12.4 Å². The number of sulfone groups is 1. The van der Waals surface area contributed by atoms with Crippen molar-refractivity contribution in [2.75, 3.05) is 10.7 Å². The quantitative estimate of drug-likeness (QED) is 0.645. The van der Waals surface area contributed by atoms with Crippen LogP contribution in [-0.2, 0) is 21.2 Å². The van der Waals surface area contributed by atoms with Crippen molar-refractivity contribution in [3.63, 3.8) is 0 Å². The lowest BCUT2D eigenvalue weighted by atomic mass is 10.00. The molecule has 0 spiro atoms. The van der Waals surface area contributed by atoms with Gasteiger partial charge in [-0.25, -0.2) is 12.8 Å². The maximum Gasteiger partial charge on any atom is 0.245 e. The van der Waals surface area contributed by atoms with E-state index in [1.54, 1.807) is 24.3 Å². The number of halogens is 3. The molecule has 2 N–H and O–H groups in total. The molecule has 0 saturated carbocycles. The summed E-state index contributed by atoms with van der Waals surface area (Å²) in [5, 5.41) is 0.504. The van der Waals surface area contributed by atoms with Crippen LogP contribution in [0.2, 0.25) is 5.02 Å². The highest BCUT2D eigenvalue weighted by molar-refractivity contribution is 7.91. The molecule has 10 heteroatoms. The molecule has 0 radical (unpaired) electrons. The summed E-state index contributed by atoms with van der Waals surface area (Å²) in [6, 6.07) is 7.31. The molecule has 2 aromatic rings. The van der Waals surface area contributed by atoms with E-state index < -0.39 is 39.1 Å². The molecule has 0 bridgehead atoms. The summed E-state index contributed by atoms with van der Waals surface area (Å²) in [5.74, 6) is -2.68. The Kier molecular flexibility index (Phi) is 7.86. The smallest absolute Gasteiger partial charge is 0.245 e. The lowest BCUT2D eigenvalue weighted by molar-refractivity contribution is -0.119. The van der Waals surface area contributed by atoms with Gasteiger partial charge in [-0.1, -0.05) is 37.6 Å². The summed E-state index contributed by atoms with van der Waals surface area (Å²) in [7, 11) is -4.04. The highest BCUT2D eigenvalue weighted by Gasteiger charge is 2.37. The lowest BCUT2D eigenvalue weighted by Crippen LogP contribution is -2.45. The number of Topliss-reactive ketones (excluding diaryl/α,β-unsaturated/α-hetero) is 1. The van der Waals surface area contributed by atoms with E-state index in [1.807, 2.05) is 13.8 Å². The predicted octanol–water partition coefficient (Wildman–Crippen LogP) is 3.78. The van der Waals surface area contributed by atoms with Crippen molar-refractivity contribution in [3.05, 3.63) is 58.4 Å². The molecule has 1 amide bonds. The summed E-state index contributed by atoms with van der Waals surface area (Å²) in [6.07, 6.45) is 0.0904. The molecule has 0 fully saturated rings. The number of ketones is 1. The Hall–Kier alpha value is -2.00. The molecule has 168 valence electrons. The number of carbonyl (C=O) groups is 2. The SMILES string of the molecule is CC(C)CC(=O)c1cc2c(cc1F)S(=O)(=O)C[C@H](N)C(=O)N2Cc1ccc(Cl)cc1.Cl. The predicted molar refractivity (Wildman–Crippen MR) is 120 cm³/mol. The Bertz CT molecular complexity index is 1110. The summed E-state index contributed by atoms with van der Waals surface area (Å²) < 4.78 is 40.3. The van der Waals surface area contributed by atoms with Crippen LogP contribution in [-0.4, -0.2) is 31.9 Å². The third-order valence-corrected chi connectivity index (χ3v) is 6.85. The average Bonchev–Trinajstić information content (AvgIpc) is 2.71. The average molecular weight is 489 g/mol. The third kappa shape index (κ3) is 5.44. The fourth-order valence-corrected chi connectivity index (χ4v) is 5.04. The van der Waals surface area contributed by atoms with Gasteiger partial charge in [0.2, 0.25) is 5.91 Å². The number of carbonyl (C=O) groups excluding carboxylic acids is 2. The van der Waals surface area contributed by atoms with Crippen molar-refractivity contribution < 1.29 is 22.4 Å². The van der Waals surface area contributed by atoms with Gasteiger partial charge in [0.25, 0.3) is 0 Å². The van der Waals surface area contributed by atoms with Crippen molar-refractivity contribution in [1.29, 1.82) is 0 Å². The standard InChI is InChI=1S/C21H22ClFN2O4S.ClH/c1-12(2)7-19(26)15-8-18-20(9-16(15)23)30(28,29)11-17(24)21(27)25(18)10-13-3-5-14(22)6-4-13;/h3-6,8-9,12,17H,7,10-11,24H2,1-2H3;1H/t17-;/m0./s1. The Morgan fingerprint density at radius 2 is 1.87 bits per heavy atom. The Morgan fingerprint density at radius 3 is 2.45 bits per heavy atom. The van der Waals surface area contributed by atoms with Crippen LogP contribution >= 0.6 is 24.0 Å². The monoisotopic (exact) mass is 488 g/mol. The maximum atomic E-state index is 14.7. The fourth-order valence-electron chi connectivity index (χ4n) is 3.35. The van der Waals surface area contributed by atoms with Crippen LogP contribution in [0.25, 0.3) is 0 Å². The number of nitrogens with two attached hydrogens (primary N) is 1. The van der Waals surface area contributed by atoms with E-state index in [9.17, 15) is 22.4 Å². The van der Waals surface area contributed by atoms with E-state index in [-0.39, 0.29) is 47.4 Å². The summed E-state index contributed by atoms with van der Waals surface area (Å²) in [5.41, 5.74) is 6.23. The van der Waals surface area contributed by atoms with Gasteiger partial charge >= 0.3 is 0 Å². The van der Waals surface area contributed by atoms with E-state index in [4.69, 9.17) is 17.3 Å². The minimum atomic E-state index is -4.04. The molecule has 1 heterocycles. The second-order valence-electron chi connectivity index (χ2n) is 7.76. The topological polar surface area (TPSA) is 97.5 Å². The number of fused-ring (bicyclic) bond motifs is 1. The second-order valence-corrected chi connectivity index (χ2v) is 10.2. The molecule has 0 aliphatic carbocycles. The number of hydrogen-bond donors (Lipinski definition) is 1. The fraction of sp³-hybridized carbons (Fsp3) is 0.333. The van der Waals surface area contributed by atoms with Crippen LogP contribution in [0, 0.1) is 11.7 Å². The number of rotatable bonds is 5. The van der Waals surface area contributed by atoms with Gasteiger partial charge in [-0.3, -0.25) is 9.59 Å². The number of nitrogens with zero attached hydrogens (tertiary/aromatic N) is 1. The zero-order chi connectivity index (χ0) is 22.2. The molecule has 0 unspecified atom stereocenters. The van der Waals surface area contributed by atoms with Gasteiger partial charge in [0.15, 0.2) is 15.6 Å². The molecular formula is C21H23Cl2FN2O4S. The normalized spacial score (nSPS) is 17.7. The molecular weight excluding hydrogens is 466 g/mol. The Labute approximate surface area is 191 Å². The largest absolute Gasteiger partial charge is 0.319 e. The van der Waals surface area contributed by atoms with Crippen LogP contribution in [0.15, 0.2) is 41.3 Å². The van der Waals surface area contributed by atoms with Crippen LogP contribution in [0.4, 0.5) is 10.1 Å². The zero-order valence-electron chi connectivity index (χ0n) is 17.0. The molecule has 3 rings (SSSR count). The minimum absolute atomic E-state index is 0. The number of hydrogen-bond acceptors (Lipinski definition) is 5. The number of benzene rings is 2.